The summed E-state index contributed by atoms with van der Waals surface area (Å²) in [6, 6.07) is 9.62. The van der Waals surface area contributed by atoms with Gasteiger partial charge in [0.15, 0.2) is 11.5 Å². The van der Waals surface area contributed by atoms with Gasteiger partial charge in [0, 0.05) is 11.5 Å². The number of hydrogen-bond acceptors (Lipinski definition) is 4. The minimum atomic E-state index is -0.724. The lowest BCUT2D eigenvalue weighted by atomic mass is 9.79. The lowest BCUT2D eigenvalue weighted by Crippen LogP contribution is -2.37. The molecule has 2 atom stereocenters. The fourth-order valence-electron chi connectivity index (χ4n) is 4.40. The van der Waals surface area contributed by atoms with Crippen LogP contribution in [0.15, 0.2) is 48.7 Å². The Morgan fingerprint density at radius 2 is 1.96 bits per heavy atom. The first-order chi connectivity index (χ1) is 11.1. The zero-order valence-corrected chi connectivity index (χ0v) is 13.0. The molecule has 0 aliphatic heterocycles. The summed E-state index contributed by atoms with van der Waals surface area (Å²) >= 11 is 0. The molecule has 4 aliphatic carbocycles. The van der Waals surface area contributed by atoms with Crippen LogP contribution in [0, 0.1) is 17.8 Å². The van der Waals surface area contributed by atoms with E-state index in [1.54, 1.807) is 0 Å². The van der Waals surface area contributed by atoms with Crippen molar-refractivity contribution in [3.8, 4) is 0 Å². The molecular formula is C19H18O4. The third kappa shape index (κ3) is 1.84. The van der Waals surface area contributed by atoms with Crippen molar-refractivity contribution in [2.75, 3.05) is 7.11 Å². The molecule has 1 aromatic rings. The number of ketones is 1. The van der Waals surface area contributed by atoms with Crippen LogP contribution in [0.5, 0.6) is 0 Å². The summed E-state index contributed by atoms with van der Waals surface area (Å²) in [6.07, 6.45) is 3.88. The molecule has 4 heteroatoms. The number of rotatable bonds is 4. The highest BCUT2D eigenvalue weighted by Gasteiger charge is 2.69. The molecule has 0 N–H and O–H groups in total. The van der Waals surface area contributed by atoms with Crippen molar-refractivity contribution >= 4 is 17.3 Å². The van der Waals surface area contributed by atoms with Crippen LogP contribution < -0.4 is 0 Å². The van der Waals surface area contributed by atoms with E-state index in [1.807, 2.05) is 36.4 Å². The first kappa shape index (κ1) is 14.2. The maximum absolute atomic E-state index is 13.0. The smallest absolute Gasteiger partial charge is 0.372 e. The summed E-state index contributed by atoms with van der Waals surface area (Å²) in [6.45, 7) is 3.68. The van der Waals surface area contributed by atoms with Gasteiger partial charge in [0.05, 0.1) is 13.0 Å². The van der Waals surface area contributed by atoms with Gasteiger partial charge in [0.2, 0.25) is 0 Å². The van der Waals surface area contributed by atoms with Crippen LogP contribution in [-0.2, 0) is 19.1 Å². The van der Waals surface area contributed by atoms with E-state index in [2.05, 4.69) is 11.3 Å². The average Bonchev–Trinajstić information content (AvgIpc) is 3.09. The van der Waals surface area contributed by atoms with Crippen molar-refractivity contribution in [2.24, 2.45) is 17.8 Å². The number of allylic oxidation sites excluding steroid dienone is 1. The molecular weight excluding hydrogens is 292 g/mol. The zero-order valence-electron chi connectivity index (χ0n) is 13.0. The molecule has 0 spiro atoms. The Labute approximate surface area is 134 Å². The molecule has 0 amide bonds. The Hall–Kier alpha value is -2.36. The number of carbonyl (C=O) groups excluding carboxylic acids is 2. The molecule has 2 unspecified atom stereocenters. The van der Waals surface area contributed by atoms with Crippen molar-refractivity contribution in [1.29, 1.82) is 0 Å². The van der Waals surface area contributed by atoms with Gasteiger partial charge in [-0.15, -0.1) is 0 Å². The second kappa shape index (κ2) is 4.82. The van der Waals surface area contributed by atoms with Crippen LogP contribution in [0.25, 0.3) is 5.57 Å². The number of ether oxygens (including phenoxy) is 2. The zero-order chi connectivity index (χ0) is 16.2. The highest BCUT2D eigenvalue weighted by atomic mass is 16.6. The molecule has 0 radical (unpaired) electrons. The molecule has 4 nitrogen and oxygen atoms in total. The van der Waals surface area contributed by atoms with Crippen molar-refractivity contribution in [3.63, 3.8) is 0 Å². The summed E-state index contributed by atoms with van der Waals surface area (Å²) in [5.74, 6) is -0.0814. The van der Waals surface area contributed by atoms with E-state index in [1.165, 1.54) is 7.11 Å². The predicted octanol–water partition coefficient (Wildman–Crippen LogP) is 2.75. The van der Waals surface area contributed by atoms with Gasteiger partial charge >= 0.3 is 5.97 Å². The van der Waals surface area contributed by atoms with E-state index >= 15 is 0 Å². The fourth-order valence-corrected chi connectivity index (χ4v) is 4.40. The van der Waals surface area contributed by atoms with Gasteiger partial charge in [-0.05, 0) is 37.0 Å². The normalized spacial score (nSPS) is 33.5. The third-order valence-corrected chi connectivity index (χ3v) is 5.49. The summed E-state index contributed by atoms with van der Waals surface area (Å²) in [7, 11) is 1.30. The molecule has 0 heterocycles. The maximum Gasteiger partial charge on any atom is 0.372 e. The molecule has 118 valence electrons. The number of benzene rings is 1. The van der Waals surface area contributed by atoms with E-state index < -0.39 is 11.6 Å². The van der Waals surface area contributed by atoms with E-state index in [4.69, 9.17) is 4.74 Å². The van der Waals surface area contributed by atoms with Crippen LogP contribution in [0.1, 0.15) is 18.4 Å². The molecule has 0 saturated heterocycles. The molecule has 5 rings (SSSR count). The predicted molar refractivity (Wildman–Crippen MR) is 84.1 cm³/mol. The molecule has 0 aromatic heterocycles. The van der Waals surface area contributed by atoms with Crippen LogP contribution in [-0.4, -0.2) is 24.5 Å². The minimum Gasteiger partial charge on any atom is -0.475 e. The molecule has 2 bridgehead atoms. The van der Waals surface area contributed by atoms with Gasteiger partial charge in [0.1, 0.15) is 5.60 Å². The second-order valence-electron chi connectivity index (χ2n) is 6.56. The number of hydrogen-bond donors (Lipinski definition) is 0. The molecule has 1 aromatic carbocycles. The Kier molecular flexibility index (Phi) is 2.98. The summed E-state index contributed by atoms with van der Waals surface area (Å²) < 4.78 is 10.7. The highest BCUT2D eigenvalue weighted by molar-refractivity contribution is 6.25. The number of carbonyl (C=O) groups is 2. The largest absolute Gasteiger partial charge is 0.475 e. The van der Waals surface area contributed by atoms with Gasteiger partial charge in [0.25, 0.3) is 0 Å². The third-order valence-electron chi connectivity index (χ3n) is 5.49. The first-order valence-electron chi connectivity index (χ1n) is 7.85. The molecule has 4 aliphatic rings. The Balaban J connectivity index is 1.74. The maximum atomic E-state index is 13.0. The Bertz CT molecular complexity index is 727. The summed E-state index contributed by atoms with van der Waals surface area (Å²) in [5.41, 5.74) is 0.874. The van der Waals surface area contributed by atoms with Crippen molar-refractivity contribution in [2.45, 2.75) is 18.4 Å². The number of Topliss-reactive ketones (excluding diaryl/α,β-unsaturated/α-hetero) is 1. The van der Waals surface area contributed by atoms with Gasteiger partial charge in [-0.2, -0.15) is 0 Å². The quantitative estimate of drug-likeness (QED) is 0.487. The van der Waals surface area contributed by atoms with Crippen LogP contribution in [0.2, 0.25) is 0 Å². The van der Waals surface area contributed by atoms with Crippen molar-refractivity contribution in [1.82, 2.24) is 0 Å². The van der Waals surface area contributed by atoms with E-state index in [-0.39, 0.29) is 23.4 Å². The Morgan fingerprint density at radius 3 is 2.61 bits per heavy atom. The minimum absolute atomic E-state index is 0.0246. The standard InChI is InChI=1S/C19H18O4/c1-11(18(21)22-2)23-19-10-15(12-6-4-3-5-7-12)17(20)16(19)13-8-14(19)9-13/h3-7,10,13-14,16H,1,8-9H2,2H3. The molecule has 3 saturated carbocycles. The van der Waals surface area contributed by atoms with E-state index in [0.717, 1.165) is 18.4 Å². The van der Waals surface area contributed by atoms with Gasteiger partial charge in [-0.3, -0.25) is 4.79 Å². The van der Waals surface area contributed by atoms with Crippen LogP contribution in [0.4, 0.5) is 0 Å². The van der Waals surface area contributed by atoms with Gasteiger partial charge in [-0.1, -0.05) is 30.3 Å². The van der Waals surface area contributed by atoms with E-state index in [0.29, 0.717) is 11.5 Å². The van der Waals surface area contributed by atoms with Crippen LogP contribution in [0.3, 0.4) is 0 Å². The van der Waals surface area contributed by atoms with E-state index in [9.17, 15) is 9.59 Å². The van der Waals surface area contributed by atoms with Gasteiger partial charge in [-0.25, -0.2) is 4.79 Å². The topological polar surface area (TPSA) is 52.6 Å². The highest BCUT2D eigenvalue weighted by Crippen LogP contribution is 2.65. The summed E-state index contributed by atoms with van der Waals surface area (Å²) in [4.78, 5) is 24.6. The molecule has 3 fully saturated rings. The van der Waals surface area contributed by atoms with Crippen molar-refractivity contribution < 1.29 is 19.1 Å². The molecule has 23 heavy (non-hydrogen) atoms. The first-order valence-corrected chi connectivity index (χ1v) is 7.85. The summed E-state index contributed by atoms with van der Waals surface area (Å²) in [5, 5.41) is 0. The number of esters is 1. The monoisotopic (exact) mass is 310 g/mol. The van der Waals surface area contributed by atoms with Crippen LogP contribution >= 0.6 is 0 Å². The van der Waals surface area contributed by atoms with Gasteiger partial charge < -0.3 is 9.47 Å². The lowest BCUT2D eigenvalue weighted by Gasteiger charge is -2.32. The fraction of sp³-hybridized carbons (Fsp3) is 0.368. The second-order valence-corrected chi connectivity index (χ2v) is 6.56. The lowest BCUT2D eigenvalue weighted by molar-refractivity contribution is -0.144. The average molecular weight is 310 g/mol. The SMILES string of the molecule is C=C(OC12C=C(c3ccccc3)C(=O)C1C1CC2C1)C(=O)OC. The number of methoxy groups -OCH3 is 1. The van der Waals surface area contributed by atoms with Crippen molar-refractivity contribution in [3.05, 3.63) is 54.3 Å². The Morgan fingerprint density at radius 1 is 1.26 bits per heavy atom.